The summed E-state index contributed by atoms with van der Waals surface area (Å²) in [5.74, 6) is -0.350. The highest BCUT2D eigenvalue weighted by atomic mass is 16.7. The summed E-state index contributed by atoms with van der Waals surface area (Å²) in [6.45, 7) is 9.66. The lowest BCUT2D eigenvalue weighted by Gasteiger charge is -2.26. The third kappa shape index (κ3) is 3.59. The quantitative estimate of drug-likeness (QED) is 0.481. The summed E-state index contributed by atoms with van der Waals surface area (Å²) in [5, 5.41) is 0. The molecule has 0 radical (unpaired) electrons. The molecule has 1 saturated heterocycles. The molecule has 3 heteroatoms. The van der Waals surface area contributed by atoms with Gasteiger partial charge in [-0.3, -0.25) is 0 Å². The van der Waals surface area contributed by atoms with Crippen molar-refractivity contribution in [2.75, 3.05) is 19.8 Å². The first-order chi connectivity index (χ1) is 7.26. The maximum atomic E-state index is 5.90. The van der Waals surface area contributed by atoms with Gasteiger partial charge in [-0.15, -0.1) is 6.58 Å². The zero-order valence-corrected chi connectivity index (χ0v) is 9.83. The molecule has 0 saturated carbocycles. The Hall–Kier alpha value is -0.380. The van der Waals surface area contributed by atoms with E-state index in [1.165, 1.54) is 0 Å². The lowest BCUT2D eigenvalue weighted by molar-refractivity contribution is -0.179. The van der Waals surface area contributed by atoms with Crippen LogP contribution in [-0.2, 0) is 14.2 Å². The van der Waals surface area contributed by atoms with E-state index in [0.717, 1.165) is 19.3 Å². The molecule has 0 amide bonds. The molecule has 1 rings (SSSR count). The minimum Gasteiger partial charge on any atom is -0.375 e. The molecule has 0 aromatic heterocycles. The van der Waals surface area contributed by atoms with E-state index >= 15 is 0 Å². The van der Waals surface area contributed by atoms with Crippen molar-refractivity contribution in [3.8, 4) is 0 Å². The molecule has 3 nitrogen and oxygen atoms in total. The largest absolute Gasteiger partial charge is 0.375 e. The Morgan fingerprint density at radius 3 is 2.93 bits per heavy atom. The SMILES string of the molecule is C=CCOCC1COC(CC)(CCC)O1. The molecule has 1 fully saturated rings. The van der Waals surface area contributed by atoms with Gasteiger partial charge in [-0.25, -0.2) is 0 Å². The summed E-state index contributed by atoms with van der Waals surface area (Å²) >= 11 is 0. The molecule has 1 aliphatic heterocycles. The van der Waals surface area contributed by atoms with Gasteiger partial charge in [0.1, 0.15) is 6.10 Å². The van der Waals surface area contributed by atoms with E-state index in [2.05, 4.69) is 20.4 Å². The van der Waals surface area contributed by atoms with E-state index in [-0.39, 0.29) is 11.9 Å². The zero-order chi connectivity index (χ0) is 11.1. The Morgan fingerprint density at radius 1 is 1.53 bits per heavy atom. The van der Waals surface area contributed by atoms with Crippen molar-refractivity contribution < 1.29 is 14.2 Å². The fraction of sp³-hybridized carbons (Fsp3) is 0.833. The van der Waals surface area contributed by atoms with Crippen molar-refractivity contribution >= 4 is 0 Å². The summed E-state index contributed by atoms with van der Waals surface area (Å²) < 4.78 is 17.0. The predicted octanol–water partition coefficient (Wildman–Crippen LogP) is 2.51. The van der Waals surface area contributed by atoms with Crippen LogP contribution in [0.5, 0.6) is 0 Å². The van der Waals surface area contributed by atoms with Crippen LogP contribution in [0.2, 0.25) is 0 Å². The fourth-order valence-corrected chi connectivity index (χ4v) is 1.86. The molecule has 15 heavy (non-hydrogen) atoms. The Kier molecular flexibility index (Phi) is 5.29. The van der Waals surface area contributed by atoms with E-state index in [1.54, 1.807) is 6.08 Å². The van der Waals surface area contributed by atoms with Crippen LogP contribution < -0.4 is 0 Å². The normalized spacial score (nSPS) is 30.7. The smallest absolute Gasteiger partial charge is 0.168 e. The Balaban J connectivity index is 2.32. The monoisotopic (exact) mass is 214 g/mol. The Labute approximate surface area is 92.4 Å². The van der Waals surface area contributed by atoms with Crippen LogP contribution in [0, 0.1) is 0 Å². The van der Waals surface area contributed by atoms with Crippen LogP contribution in [0.4, 0.5) is 0 Å². The average molecular weight is 214 g/mol. The first-order valence-corrected chi connectivity index (χ1v) is 5.76. The van der Waals surface area contributed by atoms with Crippen molar-refractivity contribution in [2.45, 2.75) is 45.0 Å². The topological polar surface area (TPSA) is 27.7 Å². The van der Waals surface area contributed by atoms with E-state index in [4.69, 9.17) is 14.2 Å². The van der Waals surface area contributed by atoms with Gasteiger partial charge < -0.3 is 14.2 Å². The van der Waals surface area contributed by atoms with E-state index in [1.807, 2.05) is 0 Å². The Bertz CT molecular complexity index is 193. The van der Waals surface area contributed by atoms with Crippen LogP contribution in [0.25, 0.3) is 0 Å². The van der Waals surface area contributed by atoms with Gasteiger partial charge in [-0.2, -0.15) is 0 Å². The highest BCUT2D eigenvalue weighted by molar-refractivity contribution is 4.78. The molecule has 0 spiro atoms. The van der Waals surface area contributed by atoms with Crippen molar-refractivity contribution in [1.29, 1.82) is 0 Å². The van der Waals surface area contributed by atoms with Gasteiger partial charge in [0.2, 0.25) is 0 Å². The maximum Gasteiger partial charge on any atom is 0.168 e. The van der Waals surface area contributed by atoms with E-state index < -0.39 is 0 Å². The van der Waals surface area contributed by atoms with Crippen molar-refractivity contribution in [3.63, 3.8) is 0 Å². The van der Waals surface area contributed by atoms with E-state index in [0.29, 0.717) is 19.8 Å². The maximum absolute atomic E-state index is 5.90. The second-order valence-corrected chi connectivity index (χ2v) is 3.89. The standard InChI is InChI=1S/C12H22O3/c1-4-7-12(6-3)14-10-11(15-12)9-13-8-5-2/h5,11H,2,4,6-10H2,1,3H3. The Morgan fingerprint density at radius 2 is 2.33 bits per heavy atom. The summed E-state index contributed by atoms with van der Waals surface area (Å²) in [7, 11) is 0. The molecule has 1 heterocycles. The van der Waals surface area contributed by atoms with Gasteiger partial charge >= 0.3 is 0 Å². The van der Waals surface area contributed by atoms with Crippen LogP contribution >= 0.6 is 0 Å². The van der Waals surface area contributed by atoms with Crippen molar-refractivity contribution in [1.82, 2.24) is 0 Å². The minimum atomic E-state index is -0.350. The van der Waals surface area contributed by atoms with Gasteiger partial charge in [-0.05, 0) is 6.42 Å². The summed E-state index contributed by atoms with van der Waals surface area (Å²) in [6, 6.07) is 0. The number of ether oxygens (including phenoxy) is 3. The van der Waals surface area contributed by atoms with Crippen LogP contribution in [0.3, 0.4) is 0 Å². The third-order valence-corrected chi connectivity index (χ3v) is 2.62. The van der Waals surface area contributed by atoms with Gasteiger partial charge in [0, 0.05) is 6.42 Å². The van der Waals surface area contributed by atoms with Gasteiger partial charge in [0.15, 0.2) is 5.79 Å². The number of hydrogen-bond acceptors (Lipinski definition) is 3. The number of hydrogen-bond donors (Lipinski definition) is 0. The summed E-state index contributed by atoms with van der Waals surface area (Å²) in [4.78, 5) is 0. The molecule has 88 valence electrons. The van der Waals surface area contributed by atoms with Crippen molar-refractivity contribution in [3.05, 3.63) is 12.7 Å². The summed E-state index contributed by atoms with van der Waals surface area (Å²) in [6.07, 6.45) is 4.76. The van der Waals surface area contributed by atoms with Gasteiger partial charge in [0.05, 0.1) is 19.8 Å². The van der Waals surface area contributed by atoms with Crippen LogP contribution in [0.1, 0.15) is 33.1 Å². The molecule has 0 bridgehead atoms. The van der Waals surface area contributed by atoms with Gasteiger partial charge in [-0.1, -0.05) is 26.3 Å². The molecule has 2 atom stereocenters. The predicted molar refractivity (Wildman–Crippen MR) is 59.8 cm³/mol. The molecule has 0 aromatic carbocycles. The molecular weight excluding hydrogens is 192 g/mol. The average Bonchev–Trinajstić information content (AvgIpc) is 2.64. The highest BCUT2D eigenvalue weighted by Crippen LogP contribution is 2.31. The van der Waals surface area contributed by atoms with E-state index in [9.17, 15) is 0 Å². The van der Waals surface area contributed by atoms with Crippen LogP contribution in [0.15, 0.2) is 12.7 Å². The molecule has 2 unspecified atom stereocenters. The third-order valence-electron chi connectivity index (χ3n) is 2.62. The van der Waals surface area contributed by atoms with Crippen LogP contribution in [-0.4, -0.2) is 31.7 Å². The lowest BCUT2D eigenvalue weighted by atomic mass is 10.1. The number of rotatable bonds is 7. The molecular formula is C12H22O3. The first-order valence-electron chi connectivity index (χ1n) is 5.76. The van der Waals surface area contributed by atoms with Gasteiger partial charge in [0.25, 0.3) is 0 Å². The second kappa shape index (κ2) is 6.26. The van der Waals surface area contributed by atoms with Crippen molar-refractivity contribution in [2.24, 2.45) is 0 Å². The molecule has 0 aliphatic carbocycles. The lowest BCUT2D eigenvalue weighted by Crippen LogP contribution is -2.30. The fourth-order valence-electron chi connectivity index (χ4n) is 1.86. The molecule has 1 aliphatic rings. The first kappa shape index (κ1) is 12.7. The molecule has 0 aromatic rings. The molecule has 0 N–H and O–H groups in total. The summed E-state index contributed by atoms with van der Waals surface area (Å²) in [5.41, 5.74) is 0. The zero-order valence-electron chi connectivity index (χ0n) is 9.83. The highest BCUT2D eigenvalue weighted by Gasteiger charge is 2.38. The second-order valence-electron chi connectivity index (χ2n) is 3.89. The minimum absolute atomic E-state index is 0.0800.